The molecule has 0 spiro atoms. The van der Waals surface area contributed by atoms with Gasteiger partial charge in [-0.3, -0.25) is 5.43 Å². The first-order valence-corrected chi connectivity index (χ1v) is 7.95. The van der Waals surface area contributed by atoms with E-state index in [1.165, 1.54) is 24.3 Å². The number of furan rings is 1. The number of rotatable bonds is 5. The highest BCUT2D eigenvalue weighted by atomic mass is 19.2. The minimum atomic E-state index is -2.27. The summed E-state index contributed by atoms with van der Waals surface area (Å²) in [7, 11) is 0. The van der Waals surface area contributed by atoms with E-state index >= 15 is 0 Å². The van der Waals surface area contributed by atoms with E-state index in [1.807, 2.05) is 0 Å². The number of carboxylic acid groups (broad SMARTS) is 1. The number of hydrazone groups is 1. The fourth-order valence-corrected chi connectivity index (χ4v) is 2.45. The second kappa shape index (κ2) is 7.74. The molecule has 0 radical (unpaired) electrons. The van der Waals surface area contributed by atoms with Gasteiger partial charge in [-0.1, -0.05) is 6.07 Å². The topological polar surface area (TPSA) is 74.8 Å². The van der Waals surface area contributed by atoms with Crippen molar-refractivity contribution in [2.45, 2.75) is 6.92 Å². The Hall–Kier alpha value is -3.69. The van der Waals surface area contributed by atoms with Gasteiger partial charge in [-0.2, -0.15) is 5.10 Å². The molecule has 0 aliphatic carbocycles. The number of aryl methyl sites for hydroxylation is 1. The number of aromatic carboxylic acids is 1. The maximum Gasteiger partial charge on any atom is 0.335 e. The highest BCUT2D eigenvalue weighted by molar-refractivity contribution is 5.89. The van der Waals surface area contributed by atoms with Crippen molar-refractivity contribution >= 4 is 17.9 Å². The Bertz CT molecular complexity index is 1110. The molecule has 150 valence electrons. The van der Waals surface area contributed by atoms with Crippen LogP contribution < -0.4 is 5.43 Å². The number of benzene rings is 2. The normalized spacial score (nSPS) is 11.2. The lowest BCUT2D eigenvalue weighted by Crippen LogP contribution is -2.06. The number of halogens is 5. The first kappa shape index (κ1) is 20.1. The van der Waals surface area contributed by atoms with Gasteiger partial charge in [0, 0.05) is 5.56 Å². The average molecular weight is 410 g/mol. The third kappa shape index (κ3) is 3.82. The van der Waals surface area contributed by atoms with Crippen LogP contribution >= 0.6 is 0 Å². The van der Waals surface area contributed by atoms with Crippen LogP contribution in [0.2, 0.25) is 0 Å². The van der Waals surface area contributed by atoms with Crippen LogP contribution in [0.1, 0.15) is 21.7 Å². The van der Waals surface area contributed by atoms with E-state index in [2.05, 4.69) is 5.10 Å². The highest BCUT2D eigenvalue weighted by Crippen LogP contribution is 2.28. The van der Waals surface area contributed by atoms with Gasteiger partial charge in [-0.25, -0.2) is 26.7 Å². The molecule has 29 heavy (non-hydrogen) atoms. The van der Waals surface area contributed by atoms with Gasteiger partial charge in [0.05, 0.1) is 11.8 Å². The number of nitrogens with one attached hydrogen (secondary N) is 1. The van der Waals surface area contributed by atoms with Gasteiger partial charge < -0.3 is 9.52 Å². The molecule has 1 heterocycles. The molecule has 1 aromatic heterocycles. The Morgan fingerprint density at radius 1 is 1.00 bits per heavy atom. The Kier molecular flexibility index (Phi) is 5.35. The highest BCUT2D eigenvalue weighted by Gasteiger charge is 2.25. The third-order valence-corrected chi connectivity index (χ3v) is 3.95. The smallest absolute Gasteiger partial charge is 0.335 e. The molecule has 2 N–H and O–H groups in total. The minimum absolute atomic E-state index is 0.0465. The second-order valence-electron chi connectivity index (χ2n) is 5.85. The first-order valence-electron chi connectivity index (χ1n) is 7.95. The molecule has 2 aromatic carbocycles. The van der Waals surface area contributed by atoms with Gasteiger partial charge >= 0.3 is 5.97 Å². The molecule has 0 atom stereocenters. The van der Waals surface area contributed by atoms with Crippen molar-refractivity contribution in [1.29, 1.82) is 0 Å². The van der Waals surface area contributed by atoms with Crippen molar-refractivity contribution in [2.24, 2.45) is 5.10 Å². The number of hydrogen-bond acceptors (Lipinski definition) is 4. The molecule has 10 heteroatoms. The molecule has 0 unspecified atom stereocenters. The summed E-state index contributed by atoms with van der Waals surface area (Å²) in [5, 5.41) is 12.5. The zero-order valence-corrected chi connectivity index (χ0v) is 14.6. The molecular formula is C19H11F5N2O3. The van der Waals surface area contributed by atoms with Crippen LogP contribution in [-0.2, 0) is 0 Å². The summed E-state index contributed by atoms with van der Waals surface area (Å²) in [6, 6.07) is 7.37. The molecule has 0 saturated carbocycles. The van der Waals surface area contributed by atoms with Crippen molar-refractivity contribution in [3.63, 3.8) is 0 Å². The van der Waals surface area contributed by atoms with Gasteiger partial charge in [-0.15, -0.1) is 0 Å². The van der Waals surface area contributed by atoms with E-state index in [4.69, 9.17) is 9.52 Å². The maximum atomic E-state index is 13.6. The van der Waals surface area contributed by atoms with Gasteiger partial charge in [0.1, 0.15) is 17.2 Å². The Labute approximate surface area is 160 Å². The summed E-state index contributed by atoms with van der Waals surface area (Å²) in [4.78, 5) is 11.1. The van der Waals surface area contributed by atoms with E-state index in [0.717, 1.165) is 11.8 Å². The van der Waals surface area contributed by atoms with E-state index in [1.54, 1.807) is 18.4 Å². The second-order valence-corrected chi connectivity index (χ2v) is 5.85. The quantitative estimate of drug-likeness (QED) is 0.202. The summed E-state index contributed by atoms with van der Waals surface area (Å²) < 4.78 is 71.9. The fraction of sp³-hybridized carbons (Fsp3) is 0.0526. The predicted molar refractivity (Wildman–Crippen MR) is 93.3 cm³/mol. The van der Waals surface area contributed by atoms with E-state index in [-0.39, 0.29) is 11.3 Å². The van der Waals surface area contributed by atoms with E-state index in [0.29, 0.717) is 11.3 Å². The largest absolute Gasteiger partial charge is 0.478 e. The Morgan fingerprint density at radius 2 is 1.62 bits per heavy atom. The van der Waals surface area contributed by atoms with Crippen LogP contribution in [0.25, 0.3) is 11.3 Å². The number of hydrogen-bond donors (Lipinski definition) is 2. The zero-order chi connectivity index (χ0) is 21.3. The lowest BCUT2D eigenvalue weighted by molar-refractivity contribution is 0.0697. The van der Waals surface area contributed by atoms with Crippen LogP contribution in [0.4, 0.5) is 27.6 Å². The van der Waals surface area contributed by atoms with Gasteiger partial charge in [-0.05, 0) is 36.8 Å². The first-order chi connectivity index (χ1) is 13.7. The standard InChI is InChI=1S/C19H11F5N2O3/c1-8-2-3-9(19(27)28)6-11(8)12-5-4-10(29-12)7-25-26-18-16(23)14(21)13(20)15(22)17(18)24/h2-7,26H,1H3,(H,27,28)/b25-7-. The summed E-state index contributed by atoms with van der Waals surface area (Å²) in [6.07, 6.45) is 0.956. The van der Waals surface area contributed by atoms with E-state index in [9.17, 15) is 26.7 Å². The number of nitrogens with zero attached hydrogens (tertiary/aromatic N) is 1. The number of carbonyl (C=O) groups is 1. The van der Waals surface area contributed by atoms with Crippen molar-refractivity contribution in [3.8, 4) is 11.3 Å². The SMILES string of the molecule is Cc1ccc(C(=O)O)cc1-c1ccc(/C=N\Nc2c(F)c(F)c(F)c(F)c2F)o1. The van der Waals surface area contributed by atoms with Crippen molar-refractivity contribution in [2.75, 3.05) is 5.43 Å². The molecule has 0 fully saturated rings. The molecule has 0 bridgehead atoms. The van der Waals surface area contributed by atoms with Gasteiger partial charge in [0.15, 0.2) is 23.3 Å². The monoisotopic (exact) mass is 410 g/mol. The predicted octanol–water partition coefficient (Wildman–Crippen LogP) is 5.09. The van der Waals surface area contributed by atoms with Crippen molar-refractivity contribution in [1.82, 2.24) is 0 Å². The average Bonchev–Trinajstić information content (AvgIpc) is 3.16. The fourth-order valence-electron chi connectivity index (χ4n) is 2.45. The summed E-state index contributed by atoms with van der Waals surface area (Å²) in [5.41, 5.74) is 1.72. The zero-order valence-electron chi connectivity index (χ0n) is 14.6. The lowest BCUT2D eigenvalue weighted by Gasteiger charge is -2.06. The van der Waals surface area contributed by atoms with Crippen molar-refractivity contribution < 1.29 is 36.3 Å². The van der Waals surface area contributed by atoms with Crippen LogP contribution in [-0.4, -0.2) is 17.3 Å². The molecule has 3 aromatic rings. The van der Waals surface area contributed by atoms with Gasteiger partial charge in [0.2, 0.25) is 5.82 Å². The minimum Gasteiger partial charge on any atom is -0.478 e. The Balaban J connectivity index is 1.84. The van der Waals surface area contributed by atoms with Crippen LogP contribution in [0.3, 0.4) is 0 Å². The molecule has 3 rings (SSSR count). The molecular weight excluding hydrogens is 399 g/mol. The number of carboxylic acids is 1. The van der Waals surface area contributed by atoms with Crippen LogP contribution in [0, 0.1) is 36.0 Å². The molecule has 5 nitrogen and oxygen atoms in total. The molecule has 0 aliphatic rings. The van der Waals surface area contributed by atoms with E-state index < -0.39 is 40.7 Å². The third-order valence-electron chi connectivity index (χ3n) is 3.95. The summed E-state index contributed by atoms with van der Waals surface area (Å²) >= 11 is 0. The Morgan fingerprint density at radius 3 is 2.24 bits per heavy atom. The maximum absolute atomic E-state index is 13.6. The summed E-state index contributed by atoms with van der Waals surface area (Å²) in [5.74, 6) is -11.3. The lowest BCUT2D eigenvalue weighted by atomic mass is 10.0. The molecule has 0 aliphatic heterocycles. The number of anilines is 1. The van der Waals surface area contributed by atoms with Crippen LogP contribution in [0.15, 0.2) is 39.9 Å². The molecule has 0 saturated heterocycles. The molecule has 0 amide bonds. The van der Waals surface area contributed by atoms with Crippen molar-refractivity contribution in [3.05, 3.63) is 76.3 Å². The van der Waals surface area contributed by atoms with Gasteiger partial charge in [0.25, 0.3) is 0 Å². The summed E-state index contributed by atoms with van der Waals surface area (Å²) in [6.45, 7) is 1.74. The van der Waals surface area contributed by atoms with Crippen LogP contribution in [0.5, 0.6) is 0 Å².